The van der Waals surface area contributed by atoms with Crippen LogP contribution < -0.4 is 19.9 Å². The van der Waals surface area contributed by atoms with Crippen molar-refractivity contribution in [3.05, 3.63) is 51.8 Å². The number of nitrogens with two attached hydrogens (primary N) is 1. The molecule has 1 unspecified atom stereocenters. The Hall–Kier alpha value is -3.89. The second kappa shape index (κ2) is 9.28. The van der Waals surface area contributed by atoms with Crippen LogP contribution in [0.2, 0.25) is 0 Å². The molecule has 0 spiro atoms. The Morgan fingerprint density at radius 3 is 2.58 bits per heavy atom. The number of hydrogen-bond donors (Lipinski definition) is 1. The monoisotopic (exact) mass is 430 g/mol. The number of carbonyl (C=O) groups is 2. The summed E-state index contributed by atoms with van der Waals surface area (Å²) < 4.78 is 16.2. The number of nitrogens with zero attached hydrogens (tertiary/aromatic N) is 3. The highest BCUT2D eigenvalue weighted by atomic mass is 16.6. The third-order valence-corrected chi connectivity index (χ3v) is 4.88. The Balaban J connectivity index is 1.82. The van der Waals surface area contributed by atoms with Crippen LogP contribution in [0.1, 0.15) is 33.7 Å². The predicted octanol–water partition coefficient (Wildman–Crippen LogP) is 1.79. The van der Waals surface area contributed by atoms with Crippen molar-refractivity contribution in [2.75, 3.05) is 27.3 Å². The Labute approximate surface area is 177 Å². The molecule has 164 valence electrons. The third kappa shape index (κ3) is 4.82. The van der Waals surface area contributed by atoms with E-state index in [1.165, 1.54) is 43.5 Å². The van der Waals surface area contributed by atoms with Gasteiger partial charge in [-0.3, -0.25) is 24.7 Å². The smallest absolute Gasteiger partial charge is 0.286 e. The summed E-state index contributed by atoms with van der Waals surface area (Å²) in [5.74, 6) is -0.397. The number of methoxy groups -OCH3 is 2. The largest absolute Gasteiger partial charge is 0.493 e. The summed E-state index contributed by atoms with van der Waals surface area (Å²) in [5.41, 5.74) is 4.85. The number of aromatic nitrogens is 1. The number of nitro groups is 1. The summed E-state index contributed by atoms with van der Waals surface area (Å²) >= 11 is 0. The molecule has 0 saturated carbocycles. The van der Waals surface area contributed by atoms with Crippen LogP contribution in [0.5, 0.6) is 17.2 Å². The van der Waals surface area contributed by atoms with Crippen LogP contribution in [0.15, 0.2) is 30.5 Å². The molecule has 0 aliphatic carbocycles. The summed E-state index contributed by atoms with van der Waals surface area (Å²) in [6.45, 7) is 0.644. The van der Waals surface area contributed by atoms with E-state index in [1.54, 1.807) is 6.07 Å². The molecule has 1 atom stereocenters. The van der Waals surface area contributed by atoms with E-state index < -0.39 is 16.7 Å². The van der Waals surface area contributed by atoms with E-state index in [0.717, 1.165) is 0 Å². The van der Waals surface area contributed by atoms with E-state index in [1.807, 2.05) is 0 Å². The van der Waals surface area contributed by atoms with Crippen LogP contribution >= 0.6 is 0 Å². The molecular formula is C20H22N4O7. The number of hydrogen-bond acceptors (Lipinski definition) is 8. The van der Waals surface area contributed by atoms with Crippen LogP contribution in [0.3, 0.4) is 0 Å². The van der Waals surface area contributed by atoms with Crippen LogP contribution in [-0.4, -0.2) is 60.0 Å². The van der Waals surface area contributed by atoms with E-state index in [0.29, 0.717) is 25.1 Å². The van der Waals surface area contributed by atoms with Gasteiger partial charge in [-0.15, -0.1) is 0 Å². The average Bonchev–Trinajstić information content (AvgIpc) is 2.77. The summed E-state index contributed by atoms with van der Waals surface area (Å²) in [6, 6.07) is 5.51. The van der Waals surface area contributed by atoms with Gasteiger partial charge in [-0.1, -0.05) is 0 Å². The van der Waals surface area contributed by atoms with E-state index >= 15 is 0 Å². The van der Waals surface area contributed by atoms with Gasteiger partial charge in [0, 0.05) is 24.9 Å². The van der Waals surface area contributed by atoms with Gasteiger partial charge in [-0.2, -0.15) is 0 Å². The summed E-state index contributed by atoms with van der Waals surface area (Å²) in [7, 11) is 2.75. The number of piperidine rings is 1. The molecule has 2 N–H and O–H groups in total. The van der Waals surface area contributed by atoms with Gasteiger partial charge in [0.25, 0.3) is 17.5 Å². The highest BCUT2D eigenvalue weighted by Gasteiger charge is 2.31. The van der Waals surface area contributed by atoms with Gasteiger partial charge >= 0.3 is 0 Å². The molecule has 1 aromatic heterocycles. The molecule has 1 saturated heterocycles. The van der Waals surface area contributed by atoms with Crippen molar-refractivity contribution < 1.29 is 28.7 Å². The predicted molar refractivity (Wildman–Crippen MR) is 109 cm³/mol. The normalized spacial score (nSPS) is 15.8. The number of likely N-dealkylation sites (tertiary alicyclic amines) is 1. The fourth-order valence-electron chi connectivity index (χ4n) is 3.39. The van der Waals surface area contributed by atoms with Crippen LogP contribution in [0.4, 0.5) is 5.69 Å². The fraction of sp³-hybridized carbons (Fsp3) is 0.350. The molecule has 1 aromatic carbocycles. The van der Waals surface area contributed by atoms with E-state index in [-0.39, 0.29) is 41.1 Å². The number of rotatable bonds is 7. The first-order chi connectivity index (χ1) is 14.8. The van der Waals surface area contributed by atoms with Gasteiger partial charge in [0.05, 0.1) is 31.8 Å². The lowest BCUT2D eigenvalue weighted by atomic mass is 10.0. The molecule has 3 rings (SSSR count). The third-order valence-electron chi connectivity index (χ3n) is 4.88. The maximum Gasteiger partial charge on any atom is 0.286 e. The molecule has 2 amide bonds. The molecule has 0 radical (unpaired) electrons. The number of ether oxygens (including phenoxy) is 3. The lowest BCUT2D eigenvalue weighted by Crippen LogP contribution is -2.44. The van der Waals surface area contributed by atoms with Crippen molar-refractivity contribution >= 4 is 17.5 Å². The molecule has 1 fully saturated rings. The number of amides is 2. The molecule has 1 aliphatic rings. The van der Waals surface area contributed by atoms with Gasteiger partial charge in [0.2, 0.25) is 0 Å². The number of pyridine rings is 1. The quantitative estimate of drug-likeness (QED) is 0.516. The molecule has 31 heavy (non-hydrogen) atoms. The number of benzene rings is 1. The van der Waals surface area contributed by atoms with Crippen molar-refractivity contribution in [2.24, 2.45) is 5.73 Å². The molecule has 2 heterocycles. The summed E-state index contributed by atoms with van der Waals surface area (Å²) in [5, 5.41) is 11.5. The van der Waals surface area contributed by atoms with Gasteiger partial charge in [0.15, 0.2) is 11.5 Å². The molecule has 11 heteroatoms. The lowest BCUT2D eigenvalue weighted by molar-refractivity contribution is -0.385. The minimum atomic E-state index is -0.674. The van der Waals surface area contributed by atoms with Gasteiger partial charge in [-0.05, 0) is 18.9 Å². The first-order valence-electron chi connectivity index (χ1n) is 9.46. The highest BCUT2D eigenvalue weighted by molar-refractivity contribution is 5.99. The molecule has 11 nitrogen and oxygen atoms in total. The summed E-state index contributed by atoms with van der Waals surface area (Å²) in [6.07, 6.45) is 2.37. The first-order valence-corrected chi connectivity index (χ1v) is 9.46. The van der Waals surface area contributed by atoms with Crippen molar-refractivity contribution in [3.8, 4) is 17.2 Å². The number of primary amides is 1. The Morgan fingerprint density at radius 2 is 1.94 bits per heavy atom. The van der Waals surface area contributed by atoms with Crippen molar-refractivity contribution in [1.29, 1.82) is 0 Å². The van der Waals surface area contributed by atoms with Gasteiger partial charge in [-0.25, -0.2) is 0 Å². The Morgan fingerprint density at radius 1 is 1.23 bits per heavy atom. The first kappa shape index (κ1) is 21.8. The minimum absolute atomic E-state index is 0.0715. The fourth-order valence-corrected chi connectivity index (χ4v) is 3.39. The van der Waals surface area contributed by atoms with E-state index in [4.69, 9.17) is 19.9 Å². The van der Waals surface area contributed by atoms with E-state index in [2.05, 4.69) is 4.98 Å². The average molecular weight is 430 g/mol. The van der Waals surface area contributed by atoms with Crippen LogP contribution in [-0.2, 0) is 0 Å². The molecular weight excluding hydrogens is 408 g/mol. The van der Waals surface area contributed by atoms with Gasteiger partial charge < -0.3 is 24.8 Å². The zero-order valence-electron chi connectivity index (χ0n) is 17.1. The lowest BCUT2D eigenvalue weighted by Gasteiger charge is -2.33. The second-order valence-electron chi connectivity index (χ2n) is 6.86. The Kier molecular flexibility index (Phi) is 6.53. The van der Waals surface area contributed by atoms with Crippen molar-refractivity contribution in [3.63, 3.8) is 0 Å². The zero-order chi connectivity index (χ0) is 22.5. The Bertz CT molecular complexity index is 1010. The topological polar surface area (TPSA) is 147 Å². The van der Waals surface area contributed by atoms with E-state index in [9.17, 15) is 19.7 Å². The zero-order valence-corrected chi connectivity index (χ0v) is 17.1. The maximum absolute atomic E-state index is 13.1. The second-order valence-corrected chi connectivity index (χ2v) is 6.86. The molecule has 0 bridgehead atoms. The SMILES string of the molecule is COc1cc(C(=O)N2CCCC(Oc3ccnc(C(N)=O)c3)C2)c([N+](=O)[O-])cc1OC. The standard InChI is InChI=1S/C20H22N4O7/c1-29-17-9-14(16(24(27)28)10-18(17)30-2)20(26)23-7-3-4-13(11-23)31-12-5-6-22-15(8-12)19(21)25/h5-6,8-10,13H,3-4,7,11H2,1-2H3,(H2,21,25). The molecule has 2 aromatic rings. The number of nitro benzene ring substituents is 1. The molecule has 1 aliphatic heterocycles. The summed E-state index contributed by atoms with van der Waals surface area (Å²) in [4.78, 5) is 40.7. The van der Waals surface area contributed by atoms with Gasteiger partial charge in [0.1, 0.15) is 23.1 Å². The van der Waals surface area contributed by atoms with Crippen LogP contribution in [0.25, 0.3) is 0 Å². The highest BCUT2D eigenvalue weighted by Crippen LogP contribution is 2.35. The minimum Gasteiger partial charge on any atom is -0.493 e. The maximum atomic E-state index is 13.1. The number of carbonyl (C=O) groups excluding carboxylic acids is 2. The van der Waals surface area contributed by atoms with Crippen molar-refractivity contribution in [2.45, 2.75) is 18.9 Å². The van der Waals surface area contributed by atoms with Crippen molar-refractivity contribution in [1.82, 2.24) is 9.88 Å². The van der Waals surface area contributed by atoms with Crippen LogP contribution in [0, 0.1) is 10.1 Å².